The molecule has 2 aliphatic heterocycles. The quantitative estimate of drug-likeness (QED) is 0.146. The van der Waals surface area contributed by atoms with Gasteiger partial charge in [0.2, 0.25) is 5.91 Å². The zero-order valence-electron chi connectivity index (χ0n) is 36.5. The topological polar surface area (TPSA) is 56.2 Å². The van der Waals surface area contributed by atoms with E-state index in [4.69, 9.17) is 11.6 Å². The van der Waals surface area contributed by atoms with Crippen molar-refractivity contribution in [3.05, 3.63) is 136 Å². The number of alkyl halides is 3. The standard InChI is InChI=1S/C41H42F5N3O3S/c1-27(28-10-12-29(13-11-28)30-14-16-32(17-15-30)41(44,45)46)49(33-18-20-47(21-19-33)22-23-52-2)38(51)25-48-36-9-4-3-7-34(36)37(50)24-39(48)53-26-31-6-5-8-35(42)40(31)43/h3-17,24,27,33,37,50H,18-23,25-26H2,1-2H3/i2D3,22D2,25D2,27D. The normalized spacial score (nSPS) is 20.9. The van der Waals surface area contributed by atoms with Gasteiger partial charge >= 0.3 is 6.18 Å². The Bertz CT molecular complexity index is 2240. The summed E-state index contributed by atoms with van der Waals surface area (Å²) in [5.41, 5.74) is 0.612. The van der Waals surface area contributed by atoms with Crippen LogP contribution in [0.5, 0.6) is 0 Å². The Balaban J connectivity index is 1.37. The second kappa shape index (κ2) is 16.8. The molecule has 0 spiro atoms. The van der Waals surface area contributed by atoms with Gasteiger partial charge in [0.15, 0.2) is 11.6 Å². The molecule has 2 atom stereocenters. The summed E-state index contributed by atoms with van der Waals surface area (Å²) in [6.45, 7) is -4.76. The molecule has 280 valence electrons. The predicted molar refractivity (Wildman–Crippen MR) is 198 cm³/mol. The molecule has 0 bridgehead atoms. The predicted octanol–water partition coefficient (Wildman–Crippen LogP) is 8.98. The fraction of sp³-hybridized carbons (Fsp3) is 0.341. The molecule has 0 aromatic heterocycles. The molecule has 12 heteroatoms. The number of rotatable bonds is 12. The van der Waals surface area contributed by atoms with Gasteiger partial charge in [0, 0.05) is 58.0 Å². The number of ether oxygens (including phenoxy) is 1. The number of halogens is 5. The highest BCUT2D eigenvalue weighted by molar-refractivity contribution is 8.02. The number of fused-ring (bicyclic) bond motifs is 1. The minimum atomic E-state index is -4.54. The van der Waals surface area contributed by atoms with E-state index >= 15 is 4.79 Å². The maximum atomic E-state index is 15.2. The molecule has 6 nitrogen and oxygen atoms in total. The lowest BCUT2D eigenvalue weighted by atomic mass is 9.96. The van der Waals surface area contributed by atoms with Gasteiger partial charge < -0.3 is 24.5 Å². The van der Waals surface area contributed by atoms with E-state index in [2.05, 4.69) is 0 Å². The summed E-state index contributed by atoms with van der Waals surface area (Å²) in [7, 11) is -2.85. The maximum Gasteiger partial charge on any atom is 0.416 e. The molecule has 2 unspecified atom stereocenters. The zero-order chi connectivity index (χ0) is 44.7. The molecule has 2 heterocycles. The minimum absolute atomic E-state index is 0.00184. The van der Waals surface area contributed by atoms with Crippen molar-refractivity contribution in [1.29, 1.82) is 0 Å². The van der Waals surface area contributed by atoms with E-state index in [1.54, 1.807) is 30.3 Å². The van der Waals surface area contributed by atoms with E-state index in [9.17, 15) is 31.2 Å². The third-order valence-electron chi connectivity index (χ3n) is 9.25. The van der Waals surface area contributed by atoms with Crippen LogP contribution < -0.4 is 4.90 Å². The van der Waals surface area contributed by atoms with Crippen LogP contribution in [0.3, 0.4) is 0 Å². The second-order valence-electron chi connectivity index (χ2n) is 12.5. The lowest BCUT2D eigenvalue weighted by Gasteiger charge is -2.43. The highest BCUT2D eigenvalue weighted by Gasteiger charge is 2.35. The molecule has 0 radical (unpaired) electrons. The number of amides is 1. The smallest absolute Gasteiger partial charge is 0.384 e. The molecule has 1 saturated heterocycles. The first-order valence-corrected chi connectivity index (χ1v) is 17.8. The van der Waals surface area contributed by atoms with Crippen molar-refractivity contribution >= 4 is 23.4 Å². The number of para-hydroxylation sites is 1. The van der Waals surface area contributed by atoms with Crippen LogP contribution in [-0.2, 0) is 21.5 Å². The van der Waals surface area contributed by atoms with Gasteiger partial charge in [0.05, 0.1) is 31.4 Å². The van der Waals surface area contributed by atoms with Crippen LogP contribution in [0.1, 0.15) is 65.1 Å². The molecule has 6 rings (SSSR count). The zero-order valence-corrected chi connectivity index (χ0v) is 29.4. The Morgan fingerprint density at radius 2 is 1.70 bits per heavy atom. The van der Waals surface area contributed by atoms with E-state index in [0.29, 0.717) is 11.1 Å². The van der Waals surface area contributed by atoms with E-state index in [0.717, 1.165) is 39.8 Å². The number of aliphatic hydroxyl groups excluding tert-OH is 1. The van der Waals surface area contributed by atoms with E-state index in [1.165, 1.54) is 60.4 Å². The first-order chi connectivity index (χ1) is 28.4. The summed E-state index contributed by atoms with van der Waals surface area (Å²) >= 11 is 0.855. The third kappa shape index (κ3) is 8.95. The monoisotopic (exact) mass is 759 g/mol. The molecule has 1 fully saturated rings. The SMILES string of the molecule is [2H]C([2H])([2H])OCC([2H])([2H])N1CCC(N(C(=O)C([2H])([2H])N2C(SCc3cccc(F)c3F)=CC(O)c3ccccc32)C([2H])(C)c2ccc(-c3ccc(C(F)(F)F)cc3)cc2)CC1. The summed E-state index contributed by atoms with van der Waals surface area (Å²) in [5, 5.41) is 11.1. The Labute approximate surface area is 322 Å². The van der Waals surface area contributed by atoms with Gasteiger partial charge in [-0.25, -0.2) is 8.78 Å². The lowest BCUT2D eigenvalue weighted by molar-refractivity contribution is -0.137. The molecule has 4 aromatic rings. The molecular weight excluding hydrogens is 710 g/mol. The number of benzene rings is 4. The van der Waals surface area contributed by atoms with Crippen molar-refractivity contribution in [1.82, 2.24) is 9.80 Å². The summed E-state index contributed by atoms with van der Waals surface area (Å²) in [6, 6.07) is 17.5. The largest absolute Gasteiger partial charge is 0.416 e. The van der Waals surface area contributed by atoms with Crippen molar-refractivity contribution in [3.63, 3.8) is 0 Å². The Morgan fingerprint density at radius 1 is 1.02 bits per heavy atom. The molecule has 0 aliphatic carbocycles. The Morgan fingerprint density at radius 3 is 2.38 bits per heavy atom. The Hall–Kier alpha value is -4.23. The van der Waals surface area contributed by atoms with E-state index in [-0.39, 0.29) is 59.1 Å². The first-order valence-electron chi connectivity index (χ1n) is 20.8. The van der Waals surface area contributed by atoms with Crippen molar-refractivity contribution in [2.45, 2.75) is 49.9 Å². The molecule has 0 saturated carbocycles. The average Bonchev–Trinajstić information content (AvgIpc) is 3.20. The van der Waals surface area contributed by atoms with Crippen molar-refractivity contribution in [3.8, 4) is 11.1 Å². The summed E-state index contributed by atoms with van der Waals surface area (Å²) in [5.74, 6) is -3.62. The van der Waals surface area contributed by atoms with Crippen LogP contribution in [0.4, 0.5) is 27.6 Å². The number of hydrogen-bond acceptors (Lipinski definition) is 6. The number of thioether (sulfide) groups is 1. The number of carbonyl (C=O) groups excluding carboxylic acids is 1. The number of nitrogens with zero attached hydrogens (tertiary/aromatic N) is 3. The number of hydrogen-bond donors (Lipinski definition) is 1. The van der Waals surface area contributed by atoms with Gasteiger partial charge in [0.25, 0.3) is 0 Å². The number of piperidine rings is 1. The third-order valence-corrected chi connectivity index (χ3v) is 10.3. The molecule has 2 aliphatic rings. The van der Waals surface area contributed by atoms with Gasteiger partial charge in [-0.05, 0) is 66.8 Å². The lowest BCUT2D eigenvalue weighted by Crippen LogP contribution is -2.51. The first kappa shape index (κ1) is 29.2. The van der Waals surface area contributed by atoms with Crippen LogP contribution in [0.15, 0.2) is 102 Å². The van der Waals surface area contributed by atoms with Gasteiger partial charge in [-0.3, -0.25) is 4.79 Å². The fourth-order valence-electron chi connectivity index (χ4n) is 6.44. The number of anilines is 1. The molecular formula is C41H42F5N3O3S. The van der Waals surface area contributed by atoms with Crippen LogP contribution in [0, 0.1) is 11.6 Å². The van der Waals surface area contributed by atoms with E-state index < -0.39 is 74.1 Å². The van der Waals surface area contributed by atoms with Crippen molar-refractivity contribution < 1.29 is 47.6 Å². The van der Waals surface area contributed by atoms with Gasteiger partial charge in [-0.1, -0.05) is 66.7 Å². The molecule has 1 N–H and O–H groups in total. The molecule has 4 aromatic carbocycles. The number of likely N-dealkylation sites (tertiary alicyclic amines) is 1. The maximum absolute atomic E-state index is 15.2. The minimum Gasteiger partial charge on any atom is -0.384 e. The van der Waals surface area contributed by atoms with Gasteiger partial charge in [-0.15, -0.1) is 11.8 Å². The van der Waals surface area contributed by atoms with Crippen LogP contribution in [0.2, 0.25) is 0 Å². The second-order valence-corrected chi connectivity index (χ2v) is 13.5. The highest BCUT2D eigenvalue weighted by atomic mass is 32.2. The van der Waals surface area contributed by atoms with Crippen molar-refractivity contribution in [2.75, 3.05) is 44.6 Å². The average molecular weight is 760 g/mol. The van der Waals surface area contributed by atoms with Gasteiger partial charge in [-0.2, -0.15) is 13.2 Å². The number of aliphatic hydroxyl groups is 1. The summed E-state index contributed by atoms with van der Waals surface area (Å²) in [4.78, 5) is 18.7. The van der Waals surface area contributed by atoms with Gasteiger partial charge in [0.1, 0.15) is 12.6 Å². The van der Waals surface area contributed by atoms with Crippen molar-refractivity contribution in [2.24, 2.45) is 0 Å². The van der Waals surface area contributed by atoms with E-state index in [1.807, 2.05) is 0 Å². The highest BCUT2D eigenvalue weighted by Crippen LogP contribution is 2.41. The summed E-state index contributed by atoms with van der Waals surface area (Å²) < 4.78 is 141. The fourth-order valence-corrected chi connectivity index (χ4v) is 7.47. The van der Waals surface area contributed by atoms with Crippen LogP contribution >= 0.6 is 11.8 Å². The van der Waals surface area contributed by atoms with Crippen LogP contribution in [0.25, 0.3) is 11.1 Å². The number of carbonyl (C=O) groups is 1. The molecule has 1 amide bonds. The summed E-state index contributed by atoms with van der Waals surface area (Å²) in [6.07, 6.45) is -4.49. The Kier molecular flexibility index (Phi) is 9.27. The van der Waals surface area contributed by atoms with Crippen LogP contribution in [-0.4, -0.2) is 66.6 Å². The molecule has 53 heavy (non-hydrogen) atoms. The number of methoxy groups -OCH3 is 1.